The Kier molecular flexibility index (Phi) is 5.29. The Balaban J connectivity index is 1.87. The third-order valence-corrected chi connectivity index (χ3v) is 6.00. The predicted octanol–water partition coefficient (Wildman–Crippen LogP) is 4.45. The molecule has 0 saturated heterocycles. The number of aromatic nitrogens is 1. The first-order valence-corrected chi connectivity index (χ1v) is 9.91. The molecule has 0 spiro atoms. The molecular formula is C18H16Cl2N2O2S. The minimum atomic E-state index is -3.68. The van der Waals surface area contributed by atoms with E-state index >= 15 is 0 Å². The van der Waals surface area contributed by atoms with Crippen molar-refractivity contribution in [3.63, 3.8) is 0 Å². The highest BCUT2D eigenvalue weighted by Gasteiger charge is 2.19. The fourth-order valence-corrected chi connectivity index (χ4v) is 4.35. The normalized spacial score (nSPS) is 13.1. The van der Waals surface area contributed by atoms with Crippen molar-refractivity contribution in [2.75, 3.05) is 0 Å². The molecule has 7 heteroatoms. The van der Waals surface area contributed by atoms with Gasteiger partial charge in [-0.3, -0.25) is 0 Å². The molecule has 25 heavy (non-hydrogen) atoms. The van der Waals surface area contributed by atoms with Crippen LogP contribution in [0.1, 0.15) is 12.5 Å². The lowest BCUT2D eigenvalue weighted by molar-refractivity contribution is 0.560. The van der Waals surface area contributed by atoms with Gasteiger partial charge in [0.15, 0.2) is 0 Å². The molecule has 2 aromatic carbocycles. The maximum Gasteiger partial charge on any atom is 0.240 e. The van der Waals surface area contributed by atoms with Crippen LogP contribution in [0.15, 0.2) is 59.6 Å². The maximum absolute atomic E-state index is 12.7. The second kappa shape index (κ2) is 7.30. The van der Waals surface area contributed by atoms with Crippen LogP contribution in [0, 0.1) is 0 Å². The third-order valence-electron chi connectivity index (χ3n) is 3.81. The zero-order valence-corrected chi connectivity index (χ0v) is 15.7. The number of benzene rings is 2. The molecule has 4 nitrogen and oxygen atoms in total. The molecule has 0 aliphatic rings. The van der Waals surface area contributed by atoms with E-state index in [9.17, 15) is 8.42 Å². The molecule has 0 aliphatic carbocycles. The van der Waals surface area contributed by atoms with Gasteiger partial charge in [-0.25, -0.2) is 18.1 Å². The summed E-state index contributed by atoms with van der Waals surface area (Å²) in [6.07, 6.45) is 2.04. The number of pyridine rings is 1. The largest absolute Gasteiger partial charge is 0.242 e. The van der Waals surface area contributed by atoms with E-state index < -0.39 is 10.0 Å². The molecular weight excluding hydrogens is 379 g/mol. The average molecular weight is 395 g/mol. The minimum absolute atomic E-state index is 0.130. The van der Waals surface area contributed by atoms with Crippen molar-refractivity contribution in [3.05, 3.63) is 70.5 Å². The summed E-state index contributed by atoms with van der Waals surface area (Å²) in [6, 6.07) is 14.1. The molecule has 0 unspecified atom stereocenters. The van der Waals surface area contributed by atoms with Crippen molar-refractivity contribution in [3.8, 4) is 0 Å². The van der Waals surface area contributed by atoms with Gasteiger partial charge in [-0.2, -0.15) is 0 Å². The number of rotatable bonds is 5. The predicted molar refractivity (Wildman–Crippen MR) is 102 cm³/mol. The van der Waals surface area contributed by atoms with E-state index in [1.54, 1.807) is 6.07 Å². The zero-order valence-electron chi connectivity index (χ0n) is 13.4. The van der Waals surface area contributed by atoms with Gasteiger partial charge in [-0.15, -0.1) is 0 Å². The smallest absolute Gasteiger partial charge is 0.240 e. The third kappa shape index (κ3) is 4.12. The van der Waals surface area contributed by atoms with Crippen LogP contribution in [0.5, 0.6) is 0 Å². The summed E-state index contributed by atoms with van der Waals surface area (Å²) < 4.78 is 28.0. The Bertz CT molecular complexity index is 1010. The van der Waals surface area contributed by atoms with Crippen LogP contribution in [-0.2, 0) is 16.4 Å². The van der Waals surface area contributed by atoms with E-state index in [4.69, 9.17) is 23.2 Å². The fraction of sp³-hybridized carbons (Fsp3) is 0.167. The molecule has 1 heterocycles. The number of hydrogen-bond acceptors (Lipinski definition) is 3. The van der Waals surface area contributed by atoms with Gasteiger partial charge < -0.3 is 0 Å². The number of hydrogen-bond donors (Lipinski definition) is 1. The molecule has 1 aromatic heterocycles. The van der Waals surface area contributed by atoms with E-state index in [1.165, 1.54) is 18.3 Å². The van der Waals surface area contributed by atoms with E-state index in [0.29, 0.717) is 22.2 Å². The van der Waals surface area contributed by atoms with E-state index in [2.05, 4.69) is 9.71 Å². The van der Waals surface area contributed by atoms with Gasteiger partial charge in [-0.05, 0) is 31.0 Å². The maximum atomic E-state index is 12.7. The summed E-state index contributed by atoms with van der Waals surface area (Å²) in [5.41, 5.74) is 1.07. The average Bonchev–Trinajstić information content (AvgIpc) is 2.58. The van der Waals surface area contributed by atoms with Crippen LogP contribution in [0.2, 0.25) is 10.2 Å². The van der Waals surface area contributed by atoms with Gasteiger partial charge in [0.25, 0.3) is 0 Å². The highest BCUT2D eigenvalue weighted by atomic mass is 35.5. The van der Waals surface area contributed by atoms with Crippen LogP contribution in [0.25, 0.3) is 10.8 Å². The topological polar surface area (TPSA) is 59.1 Å². The minimum Gasteiger partial charge on any atom is -0.242 e. The van der Waals surface area contributed by atoms with Gasteiger partial charge in [-0.1, -0.05) is 59.6 Å². The summed E-state index contributed by atoms with van der Waals surface area (Å²) in [4.78, 5) is 4.10. The first kappa shape index (κ1) is 18.1. The molecule has 3 aromatic rings. The molecule has 1 N–H and O–H groups in total. The number of nitrogens with zero attached hydrogens (tertiary/aromatic N) is 1. The molecule has 0 bridgehead atoms. The van der Waals surface area contributed by atoms with Crippen molar-refractivity contribution in [1.82, 2.24) is 9.71 Å². The molecule has 130 valence electrons. The van der Waals surface area contributed by atoms with Gasteiger partial charge in [0.2, 0.25) is 10.0 Å². The molecule has 0 aliphatic heterocycles. The fourth-order valence-electron chi connectivity index (χ4n) is 2.66. The van der Waals surface area contributed by atoms with Crippen molar-refractivity contribution in [2.45, 2.75) is 24.3 Å². The number of halogens is 2. The second-order valence-corrected chi connectivity index (χ2v) is 8.30. The summed E-state index contributed by atoms with van der Waals surface area (Å²) >= 11 is 12.2. The Morgan fingerprint density at radius 3 is 2.52 bits per heavy atom. The summed E-state index contributed by atoms with van der Waals surface area (Å²) in [5, 5.41) is 1.81. The summed E-state index contributed by atoms with van der Waals surface area (Å²) in [6.45, 7) is 1.83. The van der Waals surface area contributed by atoms with E-state index in [1.807, 2.05) is 37.3 Å². The second-order valence-electron chi connectivity index (χ2n) is 5.82. The van der Waals surface area contributed by atoms with Crippen molar-refractivity contribution < 1.29 is 8.42 Å². The number of sulfonamides is 1. The van der Waals surface area contributed by atoms with Crippen molar-refractivity contribution in [1.29, 1.82) is 0 Å². The Morgan fingerprint density at radius 2 is 1.80 bits per heavy atom. The Morgan fingerprint density at radius 1 is 1.08 bits per heavy atom. The Hall–Kier alpha value is -1.66. The van der Waals surface area contributed by atoms with Crippen LogP contribution in [-0.4, -0.2) is 19.4 Å². The lowest BCUT2D eigenvalue weighted by atomic mass is 10.1. The molecule has 1 atom stereocenters. The van der Waals surface area contributed by atoms with Crippen molar-refractivity contribution in [2.24, 2.45) is 0 Å². The lowest BCUT2D eigenvalue weighted by Gasteiger charge is -2.15. The summed E-state index contributed by atoms with van der Waals surface area (Å²) in [5.74, 6) is 0. The lowest BCUT2D eigenvalue weighted by Crippen LogP contribution is -2.34. The van der Waals surface area contributed by atoms with Crippen LogP contribution < -0.4 is 4.72 Å². The first-order valence-electron chi connectivity index (χ1n) is 7.67. The van der Waals surface area contributed by atoms with Gasteiger partial charge in [0.1, 0.15) is 5.15 Å². The standard InChI is InChI=1S/C18H16Cl2N2O2S/c1-12(9-13-5-3-2-4-6-13)22-25(23,24)14-7-8-15-16(10-14)18(20)21-11-17(15)19/h2-8,10-12,22H,9H2,1H3/t12-/m1/s1. The highest BCUT2D eigenvalue weighted by molar-refractivity contribution is 7.89. The Labute approximate surface area is 156 Å². The summed E-state index contributed by atoms with van der Waals surface area (Å²) in [7, 11) is -3.68. The van der Waals surface area contributed by atoms with Gasteiger partial charge >= 0.3 is 0 Å². The molecule has 0 saturated carbocycles. The molecule has 0 amide bonds. The quantitative estimate of drug-likeness (QED) is 0.650. The monoisotopic (exact) mass is 394 g/mol. The van der Waals surface area contributed by atoms with Gasteiger partial charge in [0, 0.05) is 23.0 Å². The van der Waals surface area contributed by atoms with Crippen LogP contribution in [0.3, 0.4) is 0 Å². The van der Waals surface area contributed by atoms with Gasteiger partial charge in [0.05, 0.1) is 9.92 Å². The highest BCUT2D eigenvalue weighted by Crippen LogP contribution is 2.29. The zero-order chi connectivity index (χ0) is 18.0. The molecule has 0 radical (unpaired) electrons. The number of fused-ring (bicyclic) bond motifs is 1. The van der Waals surface area contributed by atoms with E-state index in [0.717, 1.165) is 5.56 Å². The molecule has 0 fully saturated rings. The SMILES string of the molecule is C[C@H](Cc1ccccc1)NS(=O)(=O)c1ccc2c(Cl)cnc(Cl)c2c1. The van der Waals surface area contributed by atoms with Crippen molar-refractivity contribution >= 4 is 44.0 Å². The van der Waals surface area contributed by atoms with Crippen LogP contribution >= 0.6 is 23.2 Å². The number of nitrogens with one attached hydrogen (secondary N) is 1. The van der Waals surface area contributed by atoms with Crippen LogP contribution in [0.4, 0.5) is 0 Å². The first-order chi connectivity index (χ1) is 11.9. The van der Waals surface area contributed by atoms with E-state index in [-0.39, 0.29) is 16.1 Å². The molecule has 3 rings (SSSR count).